The summed E-state index contributed by atoms with van der Waals surface area (Å²) in [4.78, 5) is 15.3. The summed E-state index contributed by atoms with van der Waals surface area (Å²) in [6, 6.07) is 28.1. The van der Waals surface area contributed by atoms with Gasteiger partial charge in [-0.05, 0) is 52.8 Å². The molecule has 3 aromatic carbocycles. The van der Waals surface area contributed by atoms with Gasteiger partial charge in [0.05, 0.1) is 6.04 Å². The molecule has 1 atom stereocenters. The van der Waals surface area contributed by atoms with Gasteiger partial charge in [0.2, 0.25) is 0 Å². The first-order valence-electron chi connectivity index (χ1n) is 19.6. The summed E-state index contributed by atoms with van der Waals surface area (Å²) in [6.45, 7) is 26.0. The van der Waals surface area contributed by atoms with E-state index in [1.807, 2.05) is 6.20 Å². The number of hydrogen-bond donors (Lipinski definition) is 0. The molecule has 3 heterocycles. The first kappa shape index (κ1) is 39.3. The minimum atomic E-state index is -0.219. The van der Waals surface area contributed by atoms with Crippen molar-refractivity contribution < 1.29 is 25.8 Å². The Labute approximate surface area is 333 Å². The SMILES string of the molecule is Cc1cc(Oc2[c-]c(C3=N[C@H](C(C)(C)C)CN3C3CCCCC3)cc(C(C)C)c2)[c-]c(N2c3ccc(C(C)(C)C)cc3C(C)(C)c3cccnc32)c1.[Pt+2]. The summed E-state index contributed by atoms with van der Waals surface area (Å²) >= 11 is 0. The van der Waals surface area contributed by atoms with Crippen LogP contribution in [0, 0.1) is 24.5 Å². The molecular formula is C47H58N4OPt. The Morgan fingerprint density at radius 3 is 2.26 bits per heavy atom. The number of pyridine rings is 1. The zero-order valence-electron chi connectivity index (χ0n) is 33.8. The van der Waals surface area contributed by atoms with E-state index in [0.29, 0.717) is 23.5 Å². The van der Waals surface area contributed by atoms with Crippen LogP contribution in [0.1, 0.15) is 141 Å². The second-order valence-electron chi connectivity index (χ2n) is 18.5. The molecule has 0 amide bonds. The van der Waals surface area contributed by atoms with E-state index < -0.39 is 0 Å². The van der Waals surface area contributed by atoms with Gasteiger partial charge in [-0.25, -0.2) is 4.98 Å². The van der Waals surface area contributed by atoms with Gasteiger partial charge < -0.3 is 19.5 Å². The number of aryl methyl sites for hydroxylation is 1. The number of anilines is 3. The van der Waals surface area contributed by atoms with Crippen molar-refractivity contribution in [1.29, 1.82) is 0 Å². The van der Waals surface area contributed by atoms with Crippen LogP contribution in [0.25, 0.3) is 0 Å². The number of fused-ring (bicyclic) bond motifs is 2. The predicted octanol–water partition coefficient (Wildman–Crippen LogP) is 12.1. The smallest absolute Gasteiger partial charge is 0.503 e. The van der Waals surface area contributed by atoms with Gasteiger partial charge in [0.25, 0.3) is 0 Å². The Morgan fingerprint density at radius 2 is 1.58 bits per heavy atom. The number of aromatic nitrogens is 1. The summed E-state index contributed by atoms with van der Waals surface area (Å²) < 4.78 is 6.81. The third-order valence-electron chi connectivity index (χ3n) is 11.6. The summed E-state index contributed by atoms with van der Waals surface area (Å²) in [6.07, 6.45) is 8.28. The van der Waals surface area contributed by atoms with Crippen molar-refractivity contribution in [3.8, 4) is 11.5 Å². The molecule has 0 N–H and O–H groups in total. The van der Waals surface area contributed by atoms with Crippen molar-refractivity contribution in [2.24, 2.45) is 10.4 Å². The van der Waals surface area contributed by atoms with Gasteiger partial charge in [0.1, 0.15) is 5.82 Å². The van der Waals surface area contributed by atoms with Gasteiger partial charge in [0, 0.05) is 52.8 Å². The first-order valence-corrected chi connectivity index (χ1v) is 19.6. The molecule has 0 unspecified atom stereocenters. The topological polar surface area (TPSA) is 41.0 Å². The molecule has 3 aliphatic rings. The minimum Gasteiger partial charge on any atom is -0.503 e. The number of hydrogen-bond acceptors (Lipinski definition) is 5. The Hall–Kier alpha value is -3.43. The number of ether oxygens (including phenoxy) is 1. The van der Waals surface area contributed by atoms with Crippen molar-refractivity contribution in [2.45, 2.75) is 137 Å². The summed E-state index contributed by atoms with van der Waals surface area (Å²) in [5, 5.41) is 0. The van der Waals surface area contributed by atoms with Crippen LogP contribution in [0.5, 0.6) is 11.5 Å². The number of nitrogens with zero attached hydrogens (tertiary/aromatic N) is 4. The van der Waals surface area contributed by atoms with E-state index >= 15 is 0 Å². The standard InChI is InChI=1S/C47H58N4O.Pt/c1-30(2)32-24-33(43-49-42(46(7,8)9)29-50(43)35-16-13-12-14-17-35)26-38(25-32)52-37-23-31(3)22-36(28-37)51-41-20-19-34(45(4,5)6)27-40(41)47(10,11)39-18-15-21-48-44(39)51;/h15,18-25,27,30,35,42H,12-14,16-17,29H2,1-11H3;/q-2;+2/t42-;/m0./s1. The van der Waals surface area contributed by atoms with Crippen LogP contribution < -0.4 is 9.64 Å². The van der Waals surface area contributed by atoms with E-state index in [1.54, 1.807) is 0 Å². The minimum absolute atomic E-state index is 0. The van der Waals surface area contributed by atoms with Crippen LogP contribution in [0.3, 0.4) is 0 Å². The molecule has 6 heteroatoms. The zero-order chi connectivity index (χ0) is 37.2. The zero-order valence-corrected chi connectivity index (χ0v) is 36.0. The van der Waals surface area contributed by atoms with Crippen LogP contribution in [0.15, 0.2) is 65.8 Å². The monoisotopic (exact) mass is 889 g/mol. The van der Waals surface area contributed by atoms with Crippen LogP contribution in [0.4, 0.5) is 17.2 Å². The fourth-order valence-electron chi connectivity index (χ4n) is 8.24. The van der Waals surface area contributed by atoms with Gasteiger partial charge in [-0.3, -0.25) is 0 Å². The quantitative estimate of drug-likeness (QED) is 0.181. The molecule has 1 fully saturated rings. The average molecular weight is 890 g/mol. The molecule has 282 valence electrons. The average Bonchev–Trinajstić information content (AvgIpc) is 3.55. The summed E-state index contributed by atoms with van der Waals surface area (Å²) in [7, 11) is 0. The van der Waals surface area contributed by atoms with Crippen LogP contribution in [0.2, 0.25) is 0 Å². The van der Waals surface area contributed by atoms with Crippen LogP contribution in [-0.2, 0) is 31.9 Å². The summed E-state index contributed by atoms with van der Waals surface area (Å²) in [5.74, 6) is 3.71. The largest absolute Gasteiger partial charge is 2.00 e. The maximum Gasteiger partial charge on any atom is 2.00 e. The molecular weight excluding hydrogens is 832 g/mol. The molecule has 53 heavy (non-hydrogen) atoms. The van der Waals surface area contributed by atoms with Gasteiger partial charge >= 0.3 is 21.1 Å². The van der Waals surface area contributed by atoms with Crippen LogP contribution >= 0.6 is 0 Å². The van der Waals surface area contributed by atoms with Gasteiger partial charge in [-0.1, -0.05) is 131 Å². The number of amidine groups is 1. The van der Waals surface area contributed by atoms with E-state index in [1.165, 1.54) is 54.4 Å². The van der Waals surface area contributed by atoms with E-state index in [-0.39, 0.29) is 43.4 Å². The molecule has 1 saturated carbocycles. The van der Waals surface area contributed by atoms with E-state index in [0.717, 1.165) is 40.7 Å². The normalized spacial score (nSPS) is 18.7. The van der Waals surface area contributed by atoms with E-state index in [9.17, 15) is 0 Å². The Balaban J connectivity index is 0.00000481. The Kier molecular flexibility index (Phi) is 10.9. The van der Waals surface area contributed by atoms with E-state index in [2.05, 4.69) is 153 Å². The fourth-order valence-corrected chi connectivity index (χ4v) is 8.24. The fraction of sp³-hybridized carbons (Fsp3) is 0.489. The van der Waals surface area contributed by atoms with Gasteiger partial charge in [-0.2, -0.15) is 5.56 Å². The van der Waals surface area contributed by atoms with Crippen molar-refractivity contribution in [2.75, 3.05) is 11.4 Å². The molecule has 2 aliphatic heterocycles. The second kappa shape index (κ2) is 14.7. The van der Waals surface area contributed by atoms with Gasteiger partial charge in [-0.15, -0.1) is 35.4 Å². The predicted molar refractivity (Wildman–Crippen MR) is 216 cm³/mol. The summed E-state index contributed by atoms with van der Waals surface area (Å²) in [5.41, 5.74) is 9.09. The van der Waals surface area contributed by atoms with Crippen molar-refractivity contribution in [3.63, 3.8) is 0 Å². The third kappa shape index (κ3) is 7.75. The second-order valence-corrected chi connectivity index (χ2v) is 18.5. The number of benzene rings is 3. The third-order valence-corrected chi connectivity index (χ3v) is 11.6. The maximum absolute atomic E-state index is 6.81. The molecule has 7 rings (SSSR count). The molecule has 0 radical (unpaired) electrons. The van der Waals surface area contributed by atoms with Crippen molar-refractivity contribution in [3.05, 3.63) is 106 Å². The van der Waals surface area contributed by atoms with Crippen molar-refractivity contribution >= 4 is 23.0 Å². The van der Waals surface area contributed by atoms with Crippen LogP contribution in [-0.4, -0.2) is 34.3 Å². The molecule has 0 bridgehead atoms. The molecule has 0 spiro atoms. The molecule has 1 aliphatic carbocycles. The molecule has 5 nitrogen and oxygen atoms in total. The maximum atomic E-state index is 6.81. The van der Waals surface area contributed by atoms with Gasteiger partial charge in [0.15, 0.2) is 0 Å². The number of aliphatic imine (C=N–C) groups is 1. The first-order chi connectivity index (χ1) is 24.5. The molecule has 1 aromatic heterocycles. The number of rotatable bonds is 6. The van der Waals surface area contributed by atoms with E-state index in [4.69, 9.17) is 14.7 Å². The van der Waals surface area contributed by atoms with Crippen molar-refractivity contribution in [1.82, 2.24) is 9.88 Å². The Morgan fingerprint density at radius 1 is 0.868 bits per heavy atom. The molecule has 4 aromatic rings. The Bertz CT molecular complexity index is 1990. The molecule has 0 saturated heterocycles.